The van der Waals surface area contributed by atoms with Crippen LogP contribution in [0.3, 0.4) is 0 Å². The normalized spacial score (nSPS) is 10.9. The standard InChI is InChI=1S/C22H18N2O3/c23-14-19(22(25)24-15-21-10-5-11-26-21)12-18-8-4-9-20(13-18)27-16-17-6-2-1-3-7-17/h1-13H,15-16H2,(H,24,25)/b19-12+. The van der Waals surface area contributed by atoms with E-state index in [9.17, 15) is 10.1 Å². The minimum absolute atomic E-state index is 0.0155. The number of carbonyl (C=O) groups excluding carboxylic acids is 1. The van der Waals surface area contributed by atoms with Gasteiger partial charge in [0.2, 0.25) is 0 Å². The van der Waals surface area contributed by atoms with Gasteiger partial charge in [-0.05, 0) is 41.5 Å². The lowest BCUT2D eigenvalue weighted by molar-refractivity contribution is -0.117. The van der Waals surface area contributed by atoms with Crippen molar-refractivity contribution in [3.8, 4) is 11.8 Å². The predicted molar refractivity (Wildman–Crippen MR) is 101 cm³/mol. The molecule has 0 unspecified atom stereocenters. The molecule has 0 spiro atoms. The van der Waals surface area contributed by atoms with Crippen molar-refractivity contribution in [2.75, 3.05) is 0 Å². The second-order valence-corrected chi connectivity index (χ2v) is 5.78. The molecule has 5 heteroatoms. The number of rotatable bonds is 7. The zero-order chi connectivity index (χ0) is 18.9. The number of carbonyl (C=O) groups is 1. The molecule has 3 aromatic rings. The zero-order valence-corrected chi connectivity index (χ0v) is 14.6. The summed E-state index contributed by atoms with van der Waals surface area (Å²) in [6.07, 6.45) is 3.07. The second-order valence-electron chi connectivity index (χ2n) is 5.78. The van der Waals surface area contributed by atoms with E-state index in [1.165, 1.54) is 12.3 Å². The summed E-state index contributed by atoms with van der Waals surface area (Å²) in [5.74, 6) is 0.836. The summed E-state index contributed by atoms with van der Waals surface area (Å²) < 4.78 is 10.9. The van der Waals surface area contributed by atoms with Crippen LogP contribution in [0.25, 0.3) is 6.08 Å². The second kappa shape index (κ2) is 9.07. The molecule has 0 aliphatic rings. The third-order valence-corrected chi connectivity index (χ3v) is 3.79. The molecule has 1 aromatic heterocycles. The fourth-order valence-corrected chi connectivity index (χ4v) is 2.43. The lowest BCUT2D eigenvalue weighted by Crippen LogP contribution is -2.23. The molecule has 0 saturated carbocycles. The summed E-state index contributed by atoms with van der Waals surface area (Å²) in [7, 11) is 0. The van der Waals surface area contributed by atoms with E-state index >= 15 is 0 Å². The highest BCUT2D eigenvalue weighted by Gasteiger charge is 2.09. The molecule has 0 atom stereocenters. The van der Waals surface area contributed by atoms with Gasteiger partial charge in [-0.3, -0.25) is 4.79 Å². The van der Waals surface area contributed by atoms with Crippen LogP contribution < -0.4 is 10.1 Å². The number of nitrogens with zero attached hydrogens (tertiary/aromatic N) is 1. The highest BCUT2D eigenvalue weighted by Crippen LogP contribution is 2.17. The van der Waals surface area contributed by atoms with Crippen LogP contribution in [0.2, 0.25) is 0 Å². The van der Waals surface area contributed by atoms with Gasteiger partial charge in [0.1, 0.15) is 29.8 Å². The topological polar surface area (TPSA) is 75.3 Å². The van der Waals surface area contributed by atoms with Crippen molar-refractivity contribution < 1.29 is 13.9 Å². The minimum atomic E-state index is -0.454. The number of nitriles is 1. The average Bonchev–Trinajstić information content (AvgIpc) is 3.23. The van der Waals surface area contributed by atoms with Crippen molar-refractivity contribution in [2.45, 2.75) is 13.2 Å². The molecule has 1 heterocycles. The molecule has 0 saturated heterocycles. The van der Waals surface area contributed by atoms with Crippen LogP contribution in [0.1, 0.15) is 16.9 Å². The van der Waals surface area contributed by atoms with Gasteiger partial charge in [0.25, 0.3) is 5.91 Å². The molecule has 0 radical (unpaired) electrons. The van der Waals surface area contributed by atoms with Crippen molar-refractivity contribution in [3.05, 3.63) is 95.5 Å². The molecule has 27 heavy (non-hydrogen) atoms. The fraction of sp³-hybridized carbons (Fsp3) is 0.0909. The Morgan fingerprint density at radius 3 is 2.70 bits per heavy atom. The third kappa shape index (κ3) is 5.35. The molecule has 0 aliphatic carbocycles. The van der Waals surface area contributed by atoms with Crippen molar-refractivity contribution in [2.24, 2.45) is 0 Å². The number of ether oxygens (including phenoxy) is 1. The zero-order valence-electron chi connectivity index (χ0n) is 14.6. The maximum Gasteiger partial charge on any atom is 0.262 e. The molecule has 1 amide bonds. The Hall–Kier alpha value is -3.78. The van der Waals surface area contributed by atoms with E-state index in [1.807, 2.05) is 54.6 Å². The lowest BCUT2D eigenvalue weighted by atomic mass is 10.1. The number of amides is 1. The van der Waals surface area contributed by atoms with Gasteiger partial charge in [-0.1, -0.05) is 42.5 Å². The molecule has 0 bridgehead atoms. The Morgan fingerprint density at radius 2 is 1.96 bits per heavy atom. The Bertz CT molecular complexity index is 955. The number of benzene rings is 2. The highest BCUT2D eigenvalue weighted by atomic mass is 16.5. The fourth-order valence-electron chi connectivity index (χ4n) is 2.43. The molecule has 5 nitrogen and oxygen atoms in total. The van der Waals surface area contributed by atoms with E-state index in [1.54, 1.807) is 18.2 Å². The first-order chi connectivity index (χ1) is 13.2. The summed E-state index contributed by atoms with van der Waals surface area (Å²) in [5.41, 5.74) is 1.79. The molecule has 3 rings (SSSR count). The lowest BCUT2D eigenvalue weighted by Gasteiger charge is -2.07. The molecule has 0 aliphatic heterocycles. The Balaban J connectivity index is 1.65. The van der Waals surface area contributed by atoms with Crippen LogP contribution in [-0.4, -0.2) is 5.91 Å². The Morgan fingerprint density at radius 1 is 1.11 bits per heavy atom. The van der Waals surface area contributed by atoms with Crippen molar-refractivity contribution in [1.29, 1.82) is 5.26 Å². The quantitative estimate of drug-likeness (QED) is 0.510. The molecular formula is C22H18N2O3. The van der Waals surface area contributed by atoms with Crippen LogP contribution in [0.15, 0.2) is 83.0 Å². The van der Waals surface area contributed by atoms with Gasteiger partial charge < -0.3 is 14.5 Å². The van der Waals surface area contributed by atoms with Crippen molar-refractivity contribution in [3.63, 3.8) is 0 Å². The number of furan rings is 1. The van der Waals surface area contributed by atoms with Crippen LogP contribution in [-0.2, 0) is 17.9 Å². The summed E-state index contributed by atoms with van der Waals surface area (Å²) in [6.45, 7) is 0.674. The van der Waals surface area contributed by atoms with E-state index < -0.39 is 5.91 Å². The largest absolute Gasteiger partial charge is 0.489 e. The van der Waals surface area contributed by atoms with E-state index in [0.717, 1.165) is 5.56 Å². The monoisotopic (exact) mass is 358 g/mol. The smallest absolute Gasteiger partial charge is 0.262 e. The molecule has 134 valence electrons. The maximum atomic E-state index is 12.2. The summed E-state index contributed by atoms with van der Waals surface area (Å²) in [4.78, 5) is 12.2. The van der Waals surface area contributed by atoms with Gasteiger partial charge >= 0.3 is 0 Å². The molecular weight excluding hydrogens is 340 g/mol. The minimum Gasteiger partial charge on any atom is -0.489 e. The number of nitrogens with one attached hydrogen (secondary N) is 1. The third-order valence-electron chi connectivity index (χ3n) is 3.79. The van der Waals surface area contributed by atoms with Crippen LogP contribution >= 0.6 is 0 Å². The first-order valence-corrected chi connectivity index (χ1v) is 8.44. The van der Waals surface area contributed by atoms with Crippen LogP contribution in [0.5, 0.6) is 5.75 Å². The average molecular weight is 358 g/mol. The van der Waals surface area contributed by atoms with Gasteiger partial charge in [0.15, 0.2) is 0 Å². The van der Waals surface area contributed by atoms with E-state index in [2.05, 4.69) is 5.32 Å². The Labute approximate surface area is 157 Å². The van der Waals surface area contributed by atoms with Gasteiger partial charge in [-0.15, -0.1) is 0 Å². The first-order valence-electron chi connectivity index (χ1n) is 8.44. The Kier molecular flexibility index (Phi) is 6.05. The molecule has 2 aromatic carbocycles. The van der Waals surface area contributed by atoms with E-state index in [4.69, 9.17) is 9.15 Å². The SMILES string of the molecule is N#C/C(=C\c1cccc(OCc2ccccc2)c1)C(=O)NCc1ccco1. The van der Waals surface area contributed by atoms with Gasteiger partial charge in [-0.2, -0.15) is 5.26 Å². The number of hydrogen-bond acceptors (Lipinski definition) is 4. The maximum absolute atomic E-state index is 12.2. The summed E-state index contributed by atoms with van der Waals surface area (Å²) >= 11 is 0. The first kappa shape index (κ1) is 18.0. The summed E-state index contributed by atoms with van der Waals surface area (Å²) in [6, 6.07) is 22.5. The van der Waals surface area contributed by atoms with Gasteiger partial charge in [-0.25, -0.2) is 0 Å². The molecule has 1 N–H and O–H groups in total. The van der Waals surface area contributed by atoms with E-state index in [0.29, 0.717) is 23.7 Å². The number of hydrogen-bond donors (Lipinski definition) is 1. The van der Waals surface area contributed by atoms with Crippen molar-refractivity contribution in [1.82, 2.24) is 5.32 Å². The van der Waals surface area contributed by atoms with Gasteiger partial charge in [0, 0.05) is 0 Å². The summed E-state index contributed by atoms with van der Waals surface area (Å²) in [5, 5.41) is 12.0. The highest BCUT2D eigenvalue weighted by molar-refractivity contribution is 6.01. The van der Waals surface area contributed by atoms with Gasteiger partial charge in [0.05, 0.1) is 12.8 Å². The predicted octanol–water partition coefficient (Wildman–Crippen LogP) is 4.08. The van der Waals surface area contributed by atoms with Crippen LogP contribution in [0, 0.1) is 11.3 Å². The van der Waals surface area contributed by atoms with Crippen molar-refractivity contribution >= 4 is 12.0 Å². The molecule has 0 fully saturated rings. The van der Waals surface area contributed by atoms with Crippen LogP contribution in [0.4, 0.5) is 0 Å². The van der Waals surface area contributed by atoms with E-state index in [-0.39, 0.29) is 12.1 Å².